The van der Waals surface area contributed by atoms with E-state index in [-0.39, 0.29) is 9.77 Å². The summed E-state index contributed by atoms with van der Waals surface area (Å²) in [5.74, 6) is 0.715. The van der Waals surface area contributed by atoms with Crippen LogP contribution in [0.4, 0.5) is 5.69 Å². The van der Waals surface area contributed by atoms with E-state index in [2.05, 4.69) is 4.72 Å². The first-order valence-electron chi connectivity index (χ1n) is 8.65. The second-order valence-electron chi connectivity index (χ2n) is 6.28. The number of nitrogens with one attached hydrogen (secondary N) is 1. The maximum atomic E-state index is 12.8. The molecule has 0 atom stereocenters. The smallest absolute Gasteiger partial charge is 0.308 e. The second kappa shape index (κ2) is 6.96. The lowest BCUT2D eigenvalue weighted by Crippen LogP contribution is -2.13. The maximum Gasteiger partial charge on any atom is 0.308 e. The Kier molecular flexibility index (Phi) is 4.60. The van der Waals surface area contributed by atoms with E-state index < -0.39 is 10.0 Å². The summed E-state index contributed by atoms with van der Waals surface area (Å²) >= 11 is 1.11. The minimum absolute atomic E-state index is 0.0533. The van der Waals surface area contributed by atoms with Crippen LogP contribution in [0.15, 0.2) is 64.3 Å². The topological polar surface area (TPSA) is 77.4 Å². The quantitative estimate of drug-likeness (QED) is 0.535. The highest BCUT2D eigenvalue weighted by atomic mass is 32.2. The van der Waals surface area contributed by atoms with Gasteiger partial charge in [0.05, 0.1) is 27.9 Å². The molecule has 28 heavy (non-hydrogen) atoms. The number of nitrogens with zero attached hydrogens (tertiary/aromatic N) is 1. The van der Waals surface area contributed by atoms with Gasteiger partial charge in [-0.15, -0.1) is 0 Å². The van der Waals surface area contributed by atoms with E-state index in [4.69, 9.17) is 4.74 Å². The van der Waals surface area contributed by atoms with E-state index in [1.165, 1.54) is 0 Å². The molecule has 0 spiro atoms. The number of methoxy groups -OCH3 is 1. The number of aromatic nitrogens is 1. The summed E-state index contributed by atoms with van der Waals surface area (Å²) in [5.41, 5.74) is 1.23. The van der Waals surface area contributed by atoms with Crippen molar-refractivity contribution in [1.82, 2.24) is 4.57 Å². The van der Waals surface area contributed by atoms with Gasteiger partial charge in [-0.3, -0.25) is 14.1 Å². The van der Waals surface area contributed by atoms with Crippen molar-refractivity contribution in [3.8, 4) is 5.75 Å². The molecule has 1 aromatic heterocycles. The van der Waals surface area contributed by atoms with Crippen LogP contribution in [-0.2, 0) is 16.6 Å². The fourth-order valence-electron chi connectivity index (χ4n) is 3.14. The molecule has 1 N–H and O–H groups in total. The second-order valence-corrected chi connectivity index (χ2v) is 8.95. The Morgan fingerprint density at radius 1 is 1.04 bits per heavy atom. The Labute approximate surface area is 166 Å². The van der Waals surface area contributed by atoms with Gasteiger partial charge < -0.3 is 4.74 Å². The minimum atomic E-state index is -3.76. The van der Waals surface area contributed by atoms with Gasteiger partial charge in [0.1, 0.15) is 5.75 Å². The lowest BCUT2D eigenvalue weighted by Gasteiger charge is -2.10. The molecule has 1 heterocycles. The standard InChI is InChI=1S/C20H18N2O4S2/c1-3-22-18-9-6-15(12-19(18)27-20(22)23)21-28(24,25)17-8-5-13-10-16(26-2)7-4-14(13)11-17/h4-12,21H,3H2,1-2H3. The lowest BCUT2D eigenvalue weighted by molar-refractivity contribution is 0.415. The molecule has 0 aliphatic carbocycles. The van der Waals surface area contributed by atoms with Crippen LogP contribution >= 0.6 is 11.3 Å². The van der Waals surface area contributed by atoms with E-state index >= 15 is 0 Å². The van der Waals surface area contributed by atoms with Gasteiger partial charge in [0.15, 0.2) is 0 Å². The number of hydrogen-bond donors (Lipinski definition) is 1. The highest BCUT2D eigenvalue weighted by Crippen LogP contribution is 2.26. The maximum absolute atomic E-state index is 12.8. The summed E-state index contributed by atoms with van der Waals surface area (Å²) in [6.45, 7) is 2.48. The summed E-state index contributed by atoms with van der Waals surface area (Å²) in [6.07, 6.45) is 0. The van der Waals surface area contributed by atoms with Gasteiger partial charge >= 0.3 is 4.87 Å². The number of fused-ring (bicyclic) bond motifs is 2. The normalized spacial score (nSPS) is 11.8. The number of benzene rings is 3. The van der Waals surface area contributed by atoms with Crippen LogP contribution in [0.5, 0.6) is 5.75 Å². The molecular formula is C20H18N2O4S2. The van der Waals surface area contributed by atoms with E-state index in [1.54, 1.807) is 54.1 Å². The van der Waals surface area contributed by atoms with Crippen LogP contribution in [0.25, 0.3) is 21.0 Å². The summed E-state index contributed by atoms with van der Waals surface area (Å²) in [5, 5.41) is 1.70. The monoisotopic (exact) mass is 414 g/mol. The van der Waals surface area contributed by atoms with Gasteiger partial charge in [-0.25, -0.2) is 8.42 Å². The van der Waals surface area contributed by atoms with E-state index in [0.717, 1.165) is 32.3 Å². The predicted octanol–water partition coefficient (Wildman–Crippen LogP) is 4.05. The highest BCUT2D eigenvalue weighted by Gasteiger charge is 2.16. The molecule has 0 aliphatic heterocycles. The third-order valence-corrected chi connectivity index (χ3v) is 6.89. The fraction of sp³-hybridized carbons (Fsp3) is 0.150. The number of thiazole rings is 1. The number of rotatable bonds is 5. The third kappa shape index (κ3) is 3.25. The lowest BCUT2D eigenvalue weighted by atomic mass is 10.1. The largest absolute Gasteiger partial charge is 0.497 e. The highest BCUT2D eigenvalue weighted by molar-refractivity contribution is 7.92. The van der Waals surface area contributed by atoms with Gasteiger partial charge in [0.25, 0.3) is 10.0 Å². The molecule has 0 radical (unpaired) electrons. The van der Waals surface area contributed by atoms with Crippen molar-refractivity contribution < 1.29 is 13.2 Å². The number of hydrogen-bond acceptors (Lipinski definition) is 5. The molecule has 0 unspecified atom stereocenters. The van der Waals surface area contributed by atoms with Gasteiger partial charge in [-0.1, -0.05) is 23.5 Å². The summed E-state index contributed by atoms with van der Waals surface area (Å²) in [7, 11) is -2.17. The Morgan fingerprint density at radius 3 is 2.54 bits per heavy atom. The number of ether oxygens (including phenoxy) is 1. The molecule has 0 aliphatic rings. The van der Waals surface area contributed by atoms with Crippen molar-refractivity contribution in [1.29, 1.82) is 0 Å². The average molecular weight is 415 g/mol. The van der Waals surface area contributed by atoms with E-state index in [0.29, 0.717) is 18.0 Å². The van der Waals surface area contributed by atoms with Crippen molar-refractivity contribution in [2.24, 2.45) is 0 Å². The summed E-state index contributed by atoms with van der Waals surface area (Å²) in [4.78, 5) is 12.1. The van der Waals surface area contributed by atoms with Gasteiger partial charge in [-0.05, 0) is 60.2 Å². The van der Waals surface area contributed by atoms with E-state index in [1.807, 2.05) is 19.1 Å². The van der Waals surface area contributed by atoms with Crippen LogP contribution in [0.1, 0.15) is 6.92 Å². The zero-order chi connectivity index (χ0) is 19.9. The molecule has 4 rings (SSSR count). The van der Waals surface area contributed by atoms with Crippen LogP contribution in [0.3, 0.4) is 0 Å². The molecule has 6 nitrogen and oxygen atoms in total. The van der Waals surface area contributed by atoms with Gasteiger partial charge in [0, 0.05) is 6.54 Å². The van der Waals surface area contributed by atoms with Gasteiger partial charge in [0.2, 0.25) is 0 Å². The van der Waals surface area contributed by atoms with Gasteiger partial charge in [-0.2, -0.15) is 0 Å². The summed E-state index contributed by atoms with van der Waals surface area (Å²) < 4.78 is 35.9. The minimum Gasteiger partial charge on any atom is -0.497 e. The molecule has 8 heteroatoms. The number of sulfonamides is 1. The van der Waals surface area contributed by atoms with Crippen LogP contribution in [0.2, 0.25) is 0 Å². The first-order chi connectivity index (χ1) is 13.4. The van der Waals surface area contributed by atoms with Crippen molar-refractivity contribution in [3.63, 3.8) is 0 Å². The number of anilines is 1. The van der Waals surface area contributed by atoms with E-state index in [9.17, 15) is 13.2 Å². The van der Waals surface area contributed by atoms with Crippen LogP contribution < -0.4 is 14.3 Å². The van der Waals surface area contributed by atoms with Crippen molar-refractivity contribution in [2.45, 2.75) is 18.4 Å². The number of aryl methyl sites for hydroxylation is 1. The summed E-state index contributed by atoms with van der Waals surface area (Å²) in [6, 6.07) is 15.5. The molecule has 3 aromatic carbocycles. The Balaban J connectivity index is 1.69. The molecule has 0 amide bonds. The molecule has 0 bridgehead atoms. The first kappa shape index (κ1) is 18.5. The molecule has 0 saturated carbocycles. The SMILES string of the molecule is CCn1c(=O)sc2cc(NS(=O)(=O)c3ccc4cc(OC)ccc4c3)ccc21. The molecule has 0 saturated heterocycles. The molecule has 144 valence electrons. The van der Waals surface area contributed by atoms with Crippen molar-refractivity contribution >= 4 is 48.0 Å². The first-order valence-corrected chi connectivity index (χ1v) is 11.0. The zero-order valence-corrected chi connectivity index (χ0v) is 16.9. The average Bonchev–Trinajstić information content (AvgIpc) is 3.00. The Hall–Kier alpha value is -2.84. The molecule has 0 fully saturated rings. The molecule has 4 aromatic rings. The third-order valence-electron chi connectivity index (χ3n) is 4.57. The zero-order valence-electron chi connectivity index (χ0n) is 15.3. The van der Waals surface area contributed by atoms with Crippen LogP contribution in [0, 0.1) is 0 Å². The molecular weight excluding hydrogens is 396 g/mol. The van der Waals surface area contributed by atoms with Crippen LogP contribution in [-0.4, -0.2) is 20.1 Å². The van der Waals surface area contributed by atoms with Crippen molar-refractivity contribution in [2.75, 3.05) is 11.8 Å². The predicted molar refractivity (Wildman–Crippen MR) is 113 cm³/mol. The fourth-order valence-corrected chi connectivity index (χ4v) is 5.22. The Morgan fingerprint density at radius 2 is 1.79 bits per heavy atom. The van der Waals surface area contributed by atoms with Crippen molar-refractivity contribution in [3.05, 3.63) is 64.3 Å². The Bertz CT molecular complexity index is 1350.